The van der Waals surface area contributed by atoms with Gasteiger partial charge in [0.25, 0.3) is 0 Å². The summed E-state index contributed by atoms with van der Waals surface area (Å²) >= 11 is 0. The van der Waals surface area contributed by atoms with Crippen molar-refractivity contribution in [2.75, 3.05) is 6.54 Å². The average Bonchev–Trinajstić information content (AvgIpc) is 2.05. The fourth-order valence-corrected chi connectivity index (χ4v) is 0.941. The molecule has 1 unspecified atom stereocenters. The molecule has 0 spiro atoms. The highest BCUT2D eigenvalue weighted by Crippen LogP contribution is 2.19. The van der Waals surface area contributed by atoms with Crippen LogP contribution in [0.1, 0.15) is 12.5 Å². The van der Waals surface area contributed by atoms with Crippen molar-refractivity contribution in [3.63, 3.8) is 0 Å². The van der Waals surface area contributed by atoms with E-state index in [0.717, 1.165) is 0 Å². The fourth-order valence-electron chi connectivity index (χ4n) is 0.941. The molecule has 0 heterocycles. The second-order valence-corrected chi connectivity index (χ2v) is 2.99. The minimum absolute atomic E-state index is 0.0798. The highest BCUT2D eigenvalue weighted by molar-refractivity contribution is 5.22. The third-order valence-electron chi connectivity index (χ3n) is 1.84. The van der Waals surface area contributed by atoms with Crippen molar-refractivity contribution in [2.24, 2.45) is 5.73 Å². The van der Waals surface area contributed by atoms with Gasteiger partial charge in [0.15, 0.2) is 0 Å². The molecule has 0 aliphatic carbocycles. The molecule has 1 rings (SSSR count). The Morgan fingerprint density at radius 2 is 2.25 bits per heavy atom. The van der Waals surface area contributed by atoms with E-state index < -0.39 is 5.60 Å². The first-order valence-corrected chi connectivity index (χ1v) is 3.75. The third-order valence-corrected chi connectivity index (χ3v) is 1.84. The van der Waals surface area contributed by atoms with Gasteiger partial charge in [-0.3, -0.25) is 0 Å². The molecule has 3 N–H and O–H groups in total. The van der Waals surface area contributed by atoms with Gasteiger partial charge in [-0.25, -0.2) is 4.39 Å². The van der Waals surface area contributed by atoms with E-state index in [2.05, 4.69) is 0 Å². The number of hydrogen-bond acceptors (Lipinski definition) is 2. The van der Waals surface area contributed by atoms with Gasteiger partial charge in [-0.1, -0.05) is 12.1 Å². The van der Waals surface area contributed by atoms with E-state index in [1.165, 1.54) is 12.1 Å². The van der Waals surface area contributed by atoms with Crippen LogP contribution in [-0.4, -0.2) is 11.7 Å². The smallest absolute Gasteiger partial charge is 0.123 e. The van der Waals surface area contributed by atoms with Gasteiger partial charge < -0.3 is 10.8 Å². The highest BCUT2D eigenvalue weighted by atomic mass is 19.1. The predicted molar refractivity (Wildman–Crippen MR) is 45.0 cm³/mol. The minimum atomic E-state index is -1.14. The van der Waals surface area contributed by atoms with Crippen LogP contribution in [0, 0.1) is 5.82 Å². The highest BCUT2D eigenvalue weighted by Gasteiger charge is 2.20. The topological polar surface area (TPSA) is 46.2 Å². The summed E-state index contributed by atoms with van der Waals surface area (Å²) < 4.78 is 12.7. The molecule has 66 valence electrons. The van der Waals surface area contributed by atoms with Crippen molar-refractivity contribution in [1.82, 2.24) is 0 Å². The molecule has 0 saturated carbocycles. The van der Waals surface area contributed by atoms with E-state index in [4.69, 9.17) is 5.73 Å². The fraction of sp³-hybridized carbons (Fsp3) is 0.333. The van der Waals surface area contributed by atoms with Gasteiger partial charge in [-0.2, -0.15) is 0 Å². The molecular formula is C9H12FNO. The zero-order valence-electron chi connectivity index (χ0n) is 6.92. The minimum Gasteiger partial charge on any atom is -0.384 e. The lowest BCUT2D eigenvalue weighted by Crippen LogP contribution is -2.31. The third kappa shape index (κ3) is 1.81. The molecule has 0 aromatic heterocycles. The molecule has 0 fully saturated rings. The van der Waals surface area contributed by atoms with E-state index in [0.29, 0.717) is 5.56 Å². The molecule has 0 aliphatic heterocycles. The summed E-state index contributed by atoms with van der Waals surface area (Å²) in [7, 11) is 0. The quantitative estimate of drug-likeness (QED) is 0.693. The summed E-state index contributed by atoms with van der Waals surface area (Å²) in [5.41, 5.74) is 4.68. The van der Waals surface area contributed by atoms with Gasteiger partial charge in [0.05, 0.1) is 5.60 Å². The van der Waals surface area contributed by atoms with E-state index >= 15 is 0 Å². The summed E-state index contributed by atoms with van der Waals surface area (Å²) in [5.74, 6) is -0.360. The lowest BCUT2D eigenvalue weighted by molar-refractivity contribution is 0.0665. The van der Waals surface area contributed by atoms with Gasteiger partial charge in [0, 0.05) is 6.54 Å². The Kier molecular flexibility index (Phi) is 2.45. The van der Waals surface area contributed by atoms with Crippen molar-refractivity contribution >= 4 is 0 Å². The number of halogens is 1. The molecule has 0 amide bonds. The van der Waals surface area contributed by atoms with Crippen molar-refractivity contribution in [3.8, 4) is 0 Å². The van der Waals surface area contributed by atoms with Crippen molar-refractivity contribution in [2.45, 2.75) is 12.5 Å². The molecule has 1 aromatic rings. The Morgan fingerprint density at radius 3 is 2.75 bits per heavy atom. The summed E-state index contributed by atoms with van der Waals surface area (Å²) in [6, 6.07) is 5.81. The monoisotopic (exact) mass is 169 g/mol. The first kappa shape index (κ1) is 9.16. The van der Waals surface area contributed by atoms with Gasteiger partial charge >= 0.3 is 0 Å². The van der Waals surface area contributed by atoms with Gasteiger partial charge in [-0.05, 0) is 24.6 Å². The summed E-state index contributed by atoms with van der Waals surface area (Å²) in [6.45, 7) is 1.64. The number of aliphatic hydroxyl groups is 1. The second-order valence-electron chi connectivity index (χ2n) is 2.99. The molecule has 0 radical (unpaired) electrons. The maximum Gasteiger partial charge on any atom is 0.123 e. The van der Waals surface area contributed by atoms with Crippen LogP contribution in [-0.2, 0) is 5.60 Å². The van der Waals surface area contributed by atoms with E-state index in [-0.39, 0.29) is 12.4 Å². The Bertz CT molecular complexity index is 273. The van der Waals surface area contributed by atoms with Crippen LogP contribution in [0.3, 0.4) is 0 Å². The molecule has 1 atom stereocenters. The zero-order chi connectivity index (χ0) is 9.19. The molecular weight excluding hydrogens is 157 g/mol. The SMILES string of the molecule is CC(O)(CN)c1cccc(F)c1. The molecule has 0 bridgehead atoms. The zero-order valence-corrected chi connectivity index (χ0v) is 6.92. The van der Waals surface area contributed by atoms with Crippen LogP contribution >= 0.6 is 0 Å². The van der Waals surface area contributed by atoms with Crippen LogP contribution in [0.25, 0.3) is 0 Å². The molecule has 2 nitrogen and oxygen atoms in total. The number of nitrogens with two attached hydrogens (primary N) is 1. The molecule has 0 saturated heterocycles. The van der Waals surface area contributed by atoms with Gasteiger partial charge in [0.1, 0.15) is 5.82 Å². The number of benzene rings is 1. The van der Waals surface area contributed by atoms with Gasteiger partial charge in [0.2, 0.25) is 0 Å². The lowest BCUT2D eigenvalue weighted by atomic mass is 9.96. The lowest BCUT2D eigenvalue weighted by Gasteiger charge is -2.21. The number of rotatable bonds is 2. The van der Waals surface area contributed by atoms with Crippen molar-refractivity contribution in [1.29, 1.82) is 0 Å². The Hall–Kier alpha value is -0.930. The predicted octanol–water partition coefficient (Wildman–Crippen LogP) is 0.992. The van der Waals surface area contributed by atoms with Gasteiger partial charge in [-0.15, -0.1) is 0 Å². The normalized spacial score (nSPS) is 15.7. The molecule has 12 heavy (non-hydrogen) atoms. The van der Waals surface area contributed by atoms with E-state index in [1.54, 1.807) is 19.1 Å². The second kappa shape index (κ2) is 3.21. The Morgan fingerprint density at radius 1 is 1.58 bits per heavy atom. The molecule has 1 aromatic carbocycles. The van der Waals surface area contributed by atoms with E-state index in [9.17, 15) is 9.50 Å². The number of hydrogen-bond donors (Lipinski definition) is 2. The van der Waals surface area contributed by atoms with Crippen LogP contribution in [0.2, 0.25) is 0 Å². The first-order valence-electron chi connectivity index (χ1n) is 3.75. The summed E-state index contributed by atoms with van der Waals surface area (Å²) in [5, 5.41) is 9.63. The largest absolute Gasteiger partial charge is 0.384 e. The van der Waals surface area contributed by atoms with Crippen molar-refractivity contribution in [3.05, 3.63) is 35.6 Å². The maximum atomic E-state index is 12.7. The Labute approximate surface area is 70.8 Å². The Balaban J connectivity index is 3.03. The van der Waals surface area contributed by atoms with Crippen molar-refractivity contribution < 1.29 is 9.50 Å². The van der Waals surface area contributed by atoms with Crippen LogP contribution < -0.4 is 5.73 Å². The standard InChI is InChI=1S/C9H12FNO/c1-9(12,6-11)7-3-2-4-8(10)5-7/h2-5,12H,6,11H2,1H3. The van der Waals surface area contributed by atoms with Crippen LogP contribution in [0.4, 0.5) is 4.39 Å². The molecule has 3 heteroatoms. The average molecular weight is 169 g/mol. The van der Waals surface area contributed by atoms with Crippen LogP contribution in [0.5, 0.6) is 0 Å². The van der Waals surface area contributed by atoms with Crippen LogP contribution in [0.15, 0.2) is 24.3 Å². The summed E-state index contributed by atoms with van der Waals surface area (Å²) in [4.78, 5) is 0. The first-order chi connectivity index (χ1) is 5.56. The maximum absolute atomic E-state index is 12.7. The van der Waals surface area contributed by atoms with E-state index in [1.807, 2.05) is 0 Å². The molecule has 0 aliphatic rings. The summed E-state index contributed by atoms with van der Waals surface area (Å²) in [6.07, 6.45) is 0.